The third kappa shape index (κ3) is 6.54. The van der Waals surface area contributed by atoms with Gasteiger partial charge in [-0.05, 0) is 24.1 Å². The van der Waals surface area contributed by atoms with Crippen LogP contribution in [0.5, 0.6) is 0 Å². The number of carbonyl (C=O) groups is 3. The molecule has 28 heavy (non-hydrogen) atoms. The van der Waals surface area contributed by atoms with Gasteiger partial charge in [0, 0.05) is 12.0 Å². The van der Waals surface area contributed by atoms with E-state index in [1.54, 1.807) is 30.3 Å². The van der Waals surface area contributed by atoms with Crippen LogP contribution in [0.3, 0.4) is 0 Å². The fraction of sp³-hybridized carbons (Fsp3) is 0.318. The van der Waals surface area contributed by atoms with Crippen molar-refractivity contribution in [2.24, 2.45) is 0 Å². The minimum absolute atomic E-state index is 0.269. The molecule has 0 aromatic heterocycles. The minimum atomic E-state index is -1.07. The Hall–Kier alpha value is -3.15. The zero-order valence-electron chi connectivity index (χ0n) is 15.9. The molecule has 6 nitrogen and oxygen atoms in total. The molecule has 2 rings (SSSR count). The van der Waals surface area contributed by atoms with Crippen molar-refractivity contribution in [1.82, 2.24) is 10.6 Å². The molecule has 2 atom stereocenters. The largest absolute Gasteiger partial charge is 0.480 e. The lowest BCUT2D eigenvalue weighted by Gasteiger charge is -2.21. The van der Waals surface area contributed by atoms with Crippen LogP contribution in [0.4, 0.5) is 0 Å². The highest BCUT2D eigenvalue weighted by atomic mass is 16.4. The molecule has 0 fully saturated rings. The van der Waals surface area contributed by atoms with E-state index in [0.29, 0.717) is 18.4 Å². The monoisotopic (exact) mass is 382 g/mol. The van der Waals surface area contributed by atoms with Crippen molar-refractivity contribution in [3.63, 3.8) is 0 Å². The van der Waals surface area contributed by atoms with Crippen LogP contribution in [-0.4, -0.2) is 35.0 Å². The summed E-state index contributed by atoms with van der Waals surface area (Å²) in [5, 5.41) is 14.7. The molecule has 2 amide bonds. The highest BCUT2D eigenvalue weighted by Crippen LogP contribution is 2.08. The summed E-state index contributed by atoms with van der Waals surface area (Å²) in [5.74, 6) is -1.96. The van der Waals surface area contributed by atoms with E-state index >= 15 is 0 Å². The second-order valence-electron chi connectivity index (χ2n) is 6.62. The maximum atomic E-state index is 12.8. The van der Waals surface area contributed by atoms with Gasteiger partial charge < -0.3 is 15.7 Å². The van der Waals surface area contributed by atoms with E-state index in [1.807, 2.05) is 37.3 Å². The van der Waals surface area contributed by atoms with Crippen LogP contribution in [0, 0.1) is 0 Å². The molecule has 3 N–H and O–H groups in total. The molecule has 0 aliphatic heterocycles. The molecule has 0 saturated heterocycles. The van der Waals surface area contributed by atoms with E-state index in [1.165, 1.54) is 0 Å². The molecule has 0 aliphatic carbocycles. The number of hydrogen-bond donors (Lipinski definition) is 3. The Kier molecular flexibility index (Phi) is 8.21. The minimum Gasteiger partial charge on any atom is -0.480 e. The molecule has 2 unspecified atom stereocenters. The van der Waals surface area contributed by atoms with Gasteiger partial charge in [0.1, 0.15) is 12.1 Å². The molecule has 0 spiro atoms. The van der Waals surface area contributed by atoms with Crippen LogP contribution in [0.25, 0.3) is 0 Å². The summed E-state index contributed by atoms with van der Waals surface area (Å²) in [6, 6.07) is 16.1. The summed E-state index contributed by atoms with van der Waals surface area (Å²) in [6.45, 7) is 1.96. The van der Waals surface area contributed by atoms with Gasteiger partial charge in [-0.25, -0.2) is 4.79 Å². The smallest absolute Gasteiger partial charge is 0.326 e. The van der Waals surface area contributed by atoms with E-state index in [2.05, 4.69) is 10.6 Å². The third-order valence-corrected chi connectivity index (χ3v) is 4.40. The molecule has 0 saturated carbocycles. The van der Waals surface area contributed by atoms with E-state index in [0.717, 1.165) is 12.0 Å². The predicted octanol–water partition coefficient (Wildman–Crippen LogP) is 2.79. The highest BCUT2D eigenvalue weighted by Gasteiger charge is 2.26. The maximum absolute atomic E-state index is 12.8. The van der Waals surface area contributed by atoms with Crippen LogP contribution in [-0.2, 0) is 16.0 Å². The van der Waals surface area contributed by atoms with Crippen molar-refractivity contribution in [2.45, 2.75) is 44.7 Å². The molecule has 148 valence electrons. The fourth-order valence-electron chi connectivity index (χ4n) is 2.83. The zero-order chi connectivity index (χ0) is 20.4. The van der Waals surface area contributed by atoms with Gasteiger partial charge in [-0.15, -0.1) is 0 Å². The Morgan fingerprint density at radius 2 is 1.50 bits per heavy atom. The van der Waals surface area contributed by atoms with Crippen molar-refractivity contribution in [3.05, 3.63) is 71.8 Å². The second kappa shape index (κ2) is 10.9. The number of hydrogen-bond acceptors (Lipinski definition) is 3. The number of aliphatic carboxylic acids is 1. The van der Waals surface area contributed by atoms with Gasteiger partial charge in [0.25, 0.3) is 5.91 Å². The van der Waals surface area contributed by atoms with Gasteiger partial charge in [0.05, 0.1) is 0 Å². The van der Waals surface area contributed by atoms with Gasteiger partial charge in [0.2, 0.25) is 5.91 Å². The first-order valence-electron chi connectivity index (χ1n) is 9.44. The molecule has 0 bridgehead atoms. The standard InChI is InChI=1S/C22H26N2O4/c1-2-3-14-18(22(27)28)23-21(26)19(15-16-10-6-4-7-11-16)24-20(25)17-12-8-5-9-13-17/h4-13,18-19H,2-3,14-15H2,1H3,(H,23,26)(H,24,25)(H,27,28). The summed E-state index contributed by atoms with van der Waals surface area (Å²) in [7, 11) is 0. The first kappa shape index (κ1) is 21.2. The Bertz CT molecular complexity index is 778. The molecule has 0 radical (unpaired) electrons. The van der Waals surface area contributed by atoms with E-state index < -0.39 is 24.0 Å². The molecule has 6 heteroatoms. The molecular weight excluding hydrogens is 356 g/mol. The molecule has 2 aromatic carbocycles. The summed E-state index contributed by atoms with van der Waals surface area (Å²) < 4.78 is 0. The van der Waals surface area contributed by atoms with Crippen molar-refractivity contribution < 1.29 is 19.5 Å². The molecular formula is C22H26N2O4. The van der Waals surface area contributed by atoms with Gasteiger partial charge in [-0.1, -0.05) is 68.3 Å². The lowest BCUT2D eigenvalue weighted by atomic mass is 10.0. The number of carboxylic acids is 1. The highest BCUT2D eigenvalue weighted by molar-refractivity contribution is 5.98. The topological polar surface area (TPSA) is 95.5 Å². The predicted molar refractivity (Wildman–Crippen MR) is 107 cm³/mol. The normalized spacial score (nSPS) is 12.6. The number of nitrogens with one attached hydrogen (secondary N) is 2. The lowest BCUT2D eigenvalue weighted by Crippen LogP contribution is -2.52. The van der Waals surface area contributed by atoms with Gasteiger partial charge in [0.15, 0.2) is 0 Å². The quantitative estimate of drug-likeness (QED) is 0.589. The number of rotatable bonds is 10. The zero-order valence-corrected chi connectivity index (χ0v) is 15.9. The Balaban J connectivity index is 2.15. The van der Waals surface area contributed by atoms with Crippen LogP contribution in [0.15, 0.2) is 60.7 Å². The number of carbonyl (C=O) groups excluding carboxylic acids is 2. The summed E-state index contributed by atoms with van der Waals surface area (Å²) in [4.78, 5) is 36.8. The van der Waals surface area contributed by atoms with E-state index in [-0.39, 0.29) is 12.3 Å². The Morgan fingerprint density at radius 1 is 0.893 bits per heavy atom. The van der Waals surface area contributed by atoms with Crippen molar-refractivity contribution >= 4 is 17.8 Å². The van der Waals surface area contributed by atoms with Crippen molar-refractivity contribution in [3.8, 4) is 0 Å². The van der Waals surface area contributed by atoms with E-state index in [9.17, 15) is 19.5 Å². The maximum Gasteiger partial charge on any atom is 0.326 e. The Morgan fingerprint density at radius 3 is 2.07 bits per heavy atom. The average molecular weight is 382 g/mol. The molecule has 0 heterocycles. The second-order valence-corrected chi connectivity index (χ2v) is 6.62. The number of unbranched alkanes of at least 4 members (excludes halogenated alkanes) is 1. The summed E-state index contributed by atoms with van der Waals surface area (Å²) >= 11 is 0. The van der Waals surface area contributed by atoms with Gasteiger partial charge in [-0.3, -0.25) is 9.59 Å². The summed E-state index contributed by atoms with van der Waals surface area (Å²) in [5.41, 5.74) is 1.31. The lowest BCUT2D eigenvalue weighted by molar-refractivity contribution is -0.142. The number of benzene rings is 2. The third-order valence-electron chi connectivity index (χ3n) is 4.40. The van der Waals surface area contributed by atoms with Crippen molar-refractivity contribution in [2.75, 3.05) is 0 Å². The van der Waals surface area contributed by atoms with Crippen LogP contribution in [0.2, 0.25) is 0 Å². The average Bonchev–Trinajstić information content (AvgIpc) is 2.71. The number of amides is 2. The Labute approximate surface area is 165 Å². The fourth-order valence-corrected chi connectivity index (χ4v) is 2.83. The van der Waals surface area contributed by atoms with E-state index in [4.69, 9.17) is 0 Å². The summed E-state index contributed by atoms with van der Waals surface area (Å²) in [6.07, 6.45) is 2.14. The van der Waals surface area contributed by atoms with Gasteiger partial charge in [-0.2, -0.15) is 0 Å². The first-order chi connectivity index (χ1) is 13.5. The van der Waals surface area contributed by atoms with Crippen LogP contribution >= 0.6 is 0 Å². The van der Waals surface area contributed by atoms with Crippen molar-refractivity contribution in [1.29, 1.82) is 0 Å². The van der Waals surface area contributed by atoms with Crippen LogP contribution < -0.4 is 10.6 Å². The van der Waals surface area contributed by atoms with Gasteiger partial charge >= 0.3 is 5.97 Å². The SMILES string of the molecule is CCCCC(NC(=O)C(Cc1ccccc1)NC(=O)c1ccccc1)C(=O)O. The number of carboxylic acid groups (broad SMARTS) is 1. The molecule has 2 aromatic rings. The first-order valence-corrected chi connectivity index (χ1v) is 9.44. The van der Waals surface area contributed by atoms with Crippen LogP contribution in [0.1, 0.15) is 42.1 Å². The molecule has 0 aliphatic rings.